The Hall–Kier alpha value is -2.71. The van der Waals surface area contributed by atoms with Crippen LogP contribution in [0, 0.1) is 0 Å². The number of carbonyl (C=O) groups excluding carboxylic acids is 2. The molecule has 0 atom stereocenters. The fourth-order valence-electron chi connectivity index (χ4n) is 1.61. The lowest BCUT2D eigenvalue weighted by molar-refractivity contribution is -0.131. The summed E-state index contributed by atoms with van der Waals surface area (Å²) >= 11 is 0. The normalized spacial score (nSPS) is 14.2. The number of carboxylic acid groups (broad SMARTS) is 1. The summed E-state index contributed by atoms with van der Waals surface area (Å²) in [7, 11) is 0. The molecule has 9 heteroatoms. The standard InChI is InChI=1S/C10H11N5O4/c16-8(1-2-9(17)18)12-10(19)14-3-4-15-6-11-13-7(15)5-14/h1-2,6H,3-5H2,(H,17,18)(H,12,16,19). The van der Waals surface area contributed by atoms with Crippen LogP contribution >= 0.6 is 0 Å². The van der Waals surface area contributed by atoms with Crippen LogP contribution in [0.2, 0.25) is 0 Å². The van der Waals surface area contributed by atoms with Crippen molar-refractivity contribution in [3.63, 3.8) is 0 Å². The van der Waals surface area contributed by atoms with E-state index in [-0.39, 0.29) is 6.54 Å². The number of carboxylic acids is 1. The van der Waals surface area contributed by atoms with Gasteiger partial charge in [-0.3, -0.25) is 10.1 Å². The summed E-state index contributed by atoms with van der Waals surface area (Å²) in [5.74, 6) is -1.40. The maximum atomic E-state index is 11.7. The number of hydrogen-bond acceptors (Lipinski definition) is 5. The Morgan fingerprint density at radius 3 is 2.84 bits per heavy atom. The Morgan fingerprint density at radius 2 is 2.11 bits per heavy atom. The van der Waals surface area contributed by atoms with E-state index in [0.29, 0.717) is 25.0 Å². The minimum Gasteiger partial charge on any atom is -0.478 e. The van der Waals surface area contributed by atoms with Gasteiger partial charge in [-0.15, -0.1) is 10.2 Å². The molecule has 1 aromatic heterocycles. The van der Waals surface area contributed by atoms with Crippen molar-refractivity contribution in [3.8, 4) is 0 Å². The highest BCUT2D eigenvalue weighted by Crippen LogP contribution is 2.08. The Morgan fingerprint density at radius 1 is 1.32 bits per heavy atom. The Kier molecular flexibility index (Phi) is 3.55. The summed E-state index contributed by atoms with van der Waals surface area (Å²) in [6.07, 6.45) is 3.02. The quantitative estimate of drug-likeness (QED) is 0.660. The van der Waals surface area contributed by atoms with Crippen LogP contribution in [-0.4, -0.2) is 49.2 Å². The molecule has 2 rings (SSSR count). The van der Waals surface area contributed by atoms with Crippen LogP contribution in [-0.2, 0) is 22.7 Å². The number of carbonyl (C=O) groups is 3. The Balaban J connectivity index is 1.91. The predicted octanol–water partition coefficient (Wildman–Crippen LogP) is -1.03. The maximum absolute atomic E-state index is 11.7. The van der Waals surface area contributed by atoms with E-state index in [1.165, 1.54) is 4.90 Å². The van der Waals surface area contributed by atoms with E-state index in [4.69, 9.17) is 5.11 Å². The second-order valence-electron chi connectivity index (χ2n) is 3.83. The molecule has 0 fully saturated rings. The van der Waals surface area contributed by atoms with Gasteiger partial charge in [0.25, 0.3) is 5.91 Å². The summed E-state index contributed by atoms with van der Waals surface area (Å²) in [5.41, 5.74) is 0. The number of amides is 3. The number of imide groups is 1. The van der Waals surface area contributed by atoms with Crippen LogP contribution in [0.1, 0.15) is 5.82 Å². The lowest BCUT2D eigenvalue weighted by atomic mass is 10.3. The van der Waals surface area contributed by atoms with E-state index >= 15 is 0 Å². The molecule has 1 aliphatic rings. The highest BCUT2D eigenvalue weighted by atomic mass is 16.4. The van der Waals surface area contributed by atoms with Crippen LogP contribution in [0.15, 0.2) is 18.5 Å². The monoisotopic (exact) mass is 265 g/mol. The van der Waals surface area contributed by atoms with Gasteiger partial charge in [0.1, 0.15) is 6.33 Å². The zero-order valence-corrected chi connectivity index (χ0v) is 9.81. The van der Waals surface area contributed by atoms with Crippen molar-refractivity contribution in [1.82, 2.24) is 25.0 Å². The zero-order chi connectivity index (χ0) is 13.8. The third-order valence-electron chi connectivity index (χ3n) is 2.53. The second kappa shape index (κ2) is 5.29. The van der Waals surface area contributed by atoms with Crippen molar-refractivity contribution in [2.24, 2.45) is 0 Å². The fourth-order valence-corrected chi connectivity index (χ4v) is 1.61. The van der Waals surface area contributed by atoms with Gasteiger partial charge in [-0.1, -0.05) is 0 Å². The largest absolute Gasteiger partial charge is 0.478 e. The van der Waals surface area contributed by atoms with Gasteiger partial charge < -0.3 is 14.6 Å². The van der Waals surface area contributed by atoms with E-state index in [1.54, 1.807) is 6.33 Å². The SMILES string of the molecule is O=C(O)C=CC(=O)NC(=O)N1CCn2cnnc2C1. The van der Waals surface area contributed by atoms with Crippen molar-refractivity contribution >= 4 is 17.9 Å². The Labute approximate surface area is 107 Å². The number of aromatic nitrogens is 3. The summed E-state index contributed by atoms with van der Waals surface area (Å²) in [4.78, 5) is 34.6. The zero-order valence-electron chi connectivity index (χ0n) is 9.81. The lowest BCUT2D eigenvalue weighted by Gasteiger charge is -2.26. The van der Waals surface area contributed by atoms with Crippen LogP contribution in [0.3, 0.4) is 0 Å². The third-order valence-corrected chi connectivity index (χ3v) is 2.53. The van der Waals surface area contributed by atoms with Gasteiger partial charge in [-0.2, -0.15) is 0 Å². The molecule has 0 spiro atoms. The first kappa shape index (κ1) is 12.7. The molecule has 0 aromatic carbocycles. The first-order valence-corrected chi connectivity index (χ1v) is 5.44. The molecule has 9 nitrogen and oxygen atoms in total. The number of rotatable bonds is 2. The number of nitrogens with zero attached hydrogens (tertiary/aromatic N) is 4. The van der Waals surface area contributed by atoms with Crippen LogP contribution in [0.5, 0.6) is 0 Å². The molecule has 2 N–H and O–H groups in total. The molecule has 0 bridgehead atoms. The molecule has 1 aromatic rings. The first-order valence-electron chi connectivity index (χ1n) is 5.44. The molecule has 100 valence electrons. The molecule has 0 aliphatic carbocycles. The molecule has 2 heterocycles. The summed E-state index contributed by atoms with van der Waals surface area (Å²) in [6, 6.07) is -0.589. The van der Waals surface area contributed by atoms with Gasteiger partial charge in [-0.05, 0) is 0 Å². The predicted molar refractivity (Wildman–Crippen MR) is 60.7 cm³/mol. The van der Waals surface area contributed by atoms with E-state index in [0.717, 1.165) is 6.08 Å². The van der Waals surface area contributed by atoms with E-state index in [1.807, 2.05) is 4.57 Å². The summed E-state index contributed by atoms with van der Waals surface area (Å²) in [6.45, 7) is 1.23. The van der Waals surface area contributed by atoms with Gasteiger partial charge in [0.05, 0.1) is 6.54 Å². The lowest BCUT2D eigenvalue weighted by Crippen LogP contribution is -2.45. The van der Waals surface area contributed by atoms with Gasteiger partial charge in [0.2, 0.25) is 0 Å². The van der Waals surface area contributed by atoms with Crippen molar-refractivity contribution < 1.29 is 19.5 Å². The molecule has 19 heavy (non-hydrogen) atoms. The summed E-state index contributed by atoms with van der Waals surface area (Å²) in [5, 5.41) is 18.0. The minimum atomic E-state index is -1.26. The van der Waals surface area contributed by atoms with Crippen LogP contribution in [0.4, 0.5) is 4.79 Å². The molecule has 0 saturated heterocycles. The molecule has 0 saturated carbocycles. The van der Waals surface area contributed by atoms with Crippen molar-refractivity contribution in [3.05, 3.63) is 24.3 Å². The molecule has 0 radical (unpaired) electrons. The van der Waals surface area contributed by atoms with Gasteiger partial charge in [-0.25, -0.2) is 9.59 Å². The summed E-state index contributed by atoms with van der Waals surface area (Å²) < 4.78 is 1.82. The third kappa shape index (κ3) is 3.15. The van der Waals surface area contributed by atoms with Crippen LogP contribution < -0.4 is 5.32 Å². The Bertz CT molecular complexity index is 550. The topological polar surface area (TPSA) is 117 Å². The van der Waals surface area contributed by atoms with Gasteiger partial charge >= 0.3 is 12.0 Å². The van der Waals surface area contributed by atoms with E-state index in [2.05, 4.69) is 15.5 Å². The van der Waals surface area contributed by atoms with Gasteiger partial charge in [0, 0.05) is 25.2 Å². The minimum absolute atomic E-state index is 0.252. The fraction of sp³-hybridized carbons (Fsp3) is 0.300. The highest BCUT2D eigenvalue weighted by Gasteiger charge is 2.22. The molecule has 1 aliphatic heterocycles. The maximum Gasteiger partial charge on any atom is 0.328 e. The molecular weight excluding hydrogens is 254 g/mol. The van der Waals surface area contributed by atoms with Crippen LogP contribution in [0.25, 0.3) is 0 Å². The first-order chi connectivity index (χ1) is 9.06. The number of aliphatic carboxylic acids is 1. The molecule has 3 amide bonds. The second-order valence-corrected chi connectivity index (χ2v) is 3.83. The number of fused-ring (bicyclic) bond motifs is 1. The van der Waals surface area contributed by atoms with Crippen molar-refractivity contribution in [1.29, 1.82) is 0 Å². The van der Waals surface area contributed by atoms with Gasteiger partial charge in [0.15, 0.2) is 5.82 Å². The van der Waals surface area contributed by atoms with Crippen molar-refractivity contribution in [2.45, 2.75) is 13.1 Å². The average Bonchev–Trinajstić information content (AvgIpc) is 2.83. The average molecular weight is 265 g/mol. The molecular formula is C10H11N5O4. The smallest absolute Gasteiger partial charge is 0.328 e. The van der Waals surface area contributed by atoms with E-state index < -0.39 is 17.9 Å². The highest BCUT2D eigenvalue weighted by molar-refractivity contribution is 6.02. The number of urea groups is 1. The molecule has 0 unspecified atom stereocenters. The number of nitrogens with one attached hydrogen (secondary N) is 1. The van der Waals surface area contributed by atoms with Crippen molar-refractivity contribution in [2.75, 3.05) is 6.54 Å². The van der Waals surface area contributed by atoms with E-state index in [9.17, 15) is 14.4 Å². The number of hydrogen-bond donors (Lipinski definition) is 2.